The Morgan fingerprint density at radius 1 is 1.00 bits per heavy atom. The summed E-state index contributed by atoms with van der Waals surface area (Å²) in [6.45, 7) is 0. The molecule has 1 fully saturated rings. The van der Waals surface area contributed by atoms with Gasteiger partial charge in [-0.15, -0.1) is 0 Å². The summed E-state index contributed by atoms with van der Waals surface area (Å²) in [5, 5.41) is 11.2. The molecule has 2 aromatic rings. The Balaban J connectivity index is 1.52. The molecule has 0 saturated heterocycles. The molecule has 2 atom stereocenters. The van der Waals surface area contributed by atoms with Crippen molar-refractivity contribution in [2.24, 2.45) is 5.92 Å². The molecule has 3 aliphatic rings. The van der Waals surface area contributed by atoms with E-state index in [4.69, 9.17) is 4.74 Å². The van der Waals surface area contributed by atoms with Gasteiger partial charge in [-0.25, -0.2) is 13.2 Å². The van der Waals surface area contributed by atoms with Crippen LogP contribution in [0.2, 0.25) is 0 Å². The molecule has 1 heterocycles. The van der Waals surface area contributed by atoms with Gasteiger partial charge >= 0.3 is 5.97 Å². The summed E-state index contributed by atoms with van der Waals surface area (Å²) < 4.78 is 34.0. The summed E-state index contributed by atoms with van der Waals surface area (Å²) in [7, 11) is -3.76. The minimum atomic E-state index is -3.76. The summed E-state index contributed by atoms with van der Waals surface area (Å²) in [4.78, 5) is 13.2. The van der Waals surface area contributed by atoms with Crippen LogP contribution < -0.4 is 4.72 Å². The second-order valence-corrected chi connectivity index (χ2v) is 10.4. The van der Waals surface area contributed by atoms with E-state index in [0.717, 1.165) is 18.4 Å². The van der Waals surface area contributed by atoms with Crippen LogP contribution in [0.1, 0.15) is 30.7 Å². The number of fused-ring (bicyclic) bond motifs is 1. The molecule has 174 valence electrons. The first-order valence-corrected chi connectivity index (χ1v) is 12.8. The molecule has 0 aromatic heterocycles. The number of allylic oxidation sites excluding steroid dienone is 4. The van der Waals surface area contributed by atoms with Gasteiger partial charge in [0, 0.05) is 23.6 Å². The maximum atomic E-state index is 13.1. The van der Waals surface area contributed by atoms with E-state index in [1.807, 2.05) is 30.4 Å². The van der Waals surface area contributed by atoms with Crippen molar-refractivity contribution in [2.45, 2.75) is 36.2 Å². The first kappa shape index (κ1) is 22.2. The van der Waals surface area contributed by atoms with Crippen molar-refractivity contribution < 1.29 is 23.1 Å². The summed E-state index contributed by atoms with van der Waals surface area (Å²) in [5.41, 5.74) is 1.98. The number of carbonyl (C=O) groups is 1. The van der Waals surface area contributed by atoms with Gasteiger partial charge in [0.15, 0.2) is 0 Å². The third kappa shape index (κ3) is 4.43. The number of anilines is 1. The zero-order chi connectivity index (χ0) is 23.7. The van der Waals surface area contributed by atoms with E-state index in [-0.39, 0.29) is 28.1 Å². The molecule has 6 nitrogen and oxygen atoms in total. The Kier molecular flexibility index (Phi) is 5.87. The van der Waals surface area contributed by atoms with Crippen molar-refractivity contribution in [3.63, 3.8) is 0 Å². The quantitative estimate of drug-likeness (QED) is 0.563. The lowest BCUT2D eigenvalue weighted by Crippen LogP contribution is -2.32. The van der Waals surface area contributed by atoms with Crippen molar-refractivity contribution in [1.82, 2.24) is 0 Å². The average molecular weight is 476 g/mol. The van der Waals surface area contributed by atoms with Crippen LogP contribution in [-0.4, -0.2) is 25.6 Å². The molecular formula is C27H25NO5S. The number of carbonyl (C=O) groups excluding carboxylic acids is 1. The van der Waals surface area contributed by atoms with Gasteiger partial charge in [-0.05, 0) is 48.6 Å². The van der Waals surface area contributed by atoms with Gasteiger partial charge in [0.05, 0.1) is 10.5 Å². The molecule has 2 aromatic carbocycles. The maximum absolute atomic E-state index is 13.1. The van der Waals surface area contributed by atoms with Crippen LogP contribution in [0.4, 0.5) is 5.69 Å². The van der Waals surface area contributed by atoms with Crippen molar-refractivity contribution in [3.8, 4) is 0 Å². The predicted molar refractivity (Wildman–Crippen MR) is 130 cm³/mol. The highest BCUT2D eigenvalue weighted by Crippen LogP contribution is 2.50. The number of hydrogen-bond acceptors (Lipinski definition) is 5. The Morgan fingerprint density at radius 2 is 1.79 bits per heavy atom. The number of sulfonamides is 1. The van der Waals surface area contributed by atoms with E-state index in [1.165, 1.54) is 12.1 Å². The van der Waals surface area contributed by atoms with Gasteiger partial charge in [0.25, 0.3) is 10.0 Å². The van der Waals surface area contributed by atoms with Crippen LogP contribution in [0.3, 0.4) is 0 Å². The number of aliphatic hydroxyl groups is 1. The number of nitrogens with one attached hydrogen (secondary N) is 1. The standard InChI is InChI=1S/C27H25NO5S/c29-26-22-13-6-1-2-7-14-23(22)33-27(30)25(26)24(18-15-16-18)19-9-8-10-20(17-19)28-34(31,32)21-11-4-3-5-12-21/h1-13,17-18,23-24,28-29H,14-16H2/b6-1-,7-2-,22-13+/t23?,24-/m1/s1. The molecule has 2 aliphatic carbocycles. The molecule has 0 radical (unpaired) electrons. The lowest BCUT2D eigenvalue weighted by molar-refractivity contribution is -0.144. The Morgan fingerprint density at radius 3 is 2.56 bits per heavy atom. The maximum Gasteiger partial charge on any atom is 0.339 e. The van der Waals surface area contributed by atoms with Crippen LogP contribution >= 0.6 is 0 Å². The fourth-order valence-corrected chi connectivity index (χ4v) is 5.58. The summed E-state index contributed by atoms with van der Waals surface area (Å²) in [5.74, 6) is -0.773. The highest BCUT2D eigenvalue weighted by Gasteiger charge is 2.43. The van der Waals surface area contributed by atoms with E-state index in [0.29, 0.717) is 17.7 Å². The Hall–Kier alpha value is -3.58. The first-order chi connectivity index (χ1) is 16.4. The van der Waals surface area contributed by atoms with Gasteiger partial charge in [0.1, 0.15) is 11.9 Å². The molecule has 1 saturated carbocycles. The smallest absolute Gasteiger partial charge is 0.339 e. The number of hydrogen-bond donors (Lipinski definition) is 2. The molecule has 34 heavy (non-hydrogen) atoms. The van der Waals surface area contributed by atoms with Crippen LogP contribution in [0.25, 0.3) is 0 Å². The predicted octanol–water partition coefficient (Wildman–Crippen LogP) is 5.16. The molecule has 1 unspecified atom stereocenters. The van der Waals surface area contributed by atoms with Crippen LogP contribution in [0.15, 0.2) is 107 Å². The van der Waals surface area contributed by atoms with Crippen molar-refractivity contribution in [3.05, 3.63) is 107 Å². The minimum absolute atomic E-state index is 0.0339. The van der Waals surface area contributed by atoms with E-state index in [2.05, 4.69) is 4.72 Å². The van der Waals surface area contributed by atoms with Crippen LogP contribution in [0.5, 0.6) is 0 Å². The third-order valence-electron chi connectivity index (χ3n) is 6.28. The van der Waals surface area contributed by atoms with Gasteiger partial charge < -0.3 is 9.84 Å². The third-order valence-corrected chi connectivity index (χ3v) is 7.68. The largest absolute Gasteiger partial charge is 0.507 e. The second kappa shape index (κ2) is 8.99. The molecule has 5 rings (SSSR count). The number of ether oxygens (including phenoxy) is 1. The molecule has 1 aliphatic heterocycles. The fraction of sp³-hybridized carbons (Fsp3) is 0.222. The monoisotopic (exact) mass is 475 g/mol. The van der Waals surface area contributed by atoms with E-state index in [9.17, 15) is 18.3 Å². The lowest BCUT2D eigenvalue weighted by atomic mass is 9.82. The average Bonchev–Trinajstić information content (AvgIpc) is 3.63. The molecule has 0 amide bonds. The van der Waals surface area contributed by atoms with Crippen molar-refractivity contribution in [2.75, 3.05) is 4.72 Å². The topological polar surface area (TPSA) is 92.7 Å². The molecule has 2 N–H and O–H groups in total. The number of benzene rings is 2. The number of rotatable bonds is 6. The van der Waals surface area contributed by atoms with Crippen LogP contribution in [-0.2, 0) is 19.6 Å². The second-order valence-electron chi connectivity index (χ2n) is 8.69. The van der Waals surface area contributed by atoms with E-state index >= 15 is 0 Å². The van der Waals surface area contributed by atoms with Gasteiger partial charge in [0.2, 0.25) is 0 Å². The molecule has 0 spiro atoms. The summed E-state index contributed by atoms with van der Waals surface area (Å²) >= 11 is 0. The first-order valence-electron chi connectivity index (χ1n) is 11.3. The van der Waals surface area contributed by atoms with Gasteiger partial charge in [-0.3, -0.25) is 4.72 Å². The summed E-state index contributed by atoms with van der Waals surface area (Å²) in [6.07, 6.45) is 11.0. The van der Waals surface area contributed by atoms with Crippen molar-refractivity contribution in [1.29, 1.82) is 0 Å². The highest BCUT2D eigenvalue weighted by atomic mass is 32.2. The minimum Gasteiger partial charge on any atom is -0.507 e. The lowest BCUT2D eigenvalue weighted by Gasteiger charge is -2.30. The van der Waals surface area contributed by atoms with Gasteiger partial charge in [-0.2, -0.15) is 0 Å². The SMILES string of the molecule is O=C1OC2C\C=C/C=C\C=C/2C(O)=C1[C@@H](c1cccc(NS(=O)(=O)c2ccccc2)c1)C1CC1. The molecule has 0 bridgehead atoms. The van der Waals surface area contributed by atoms with E-state index in [1.54, 1.807) is 42.5 Å². The Bertz CT molecular complexity index is 1330. The number of aliphatic hydroxyl groups excluding tert-OH is 1. The van der Waals surface area contributed by atoms with E-state index < -0.39 is 22.1 Å². The zero-order valence-corrected chi connectivity index (χ0v) is 19.2. The summed E-state index contributed by atoms with van der Waals surface area (Å²) in [6, 6.07) is 15.2. The number of esters is 1. The van der Waals surface area contributed by atoms with Crippen molar-refractivity contribution >= 4 is 21.7 Å². The molecular weight excluding hydrogens is 450 g/mol. The normalized spacial score (nSPS) is 24.5. The van der Waals surface area contributed by atoms with Gasteiger partial charge in [-0.1, -0.05) is 60.7 Å². The highest BCUT2D eigenvalue weighted by molar-refractivity contribution is 7.92. The van der Waals surface area contributed by atoms with Crippen LogP contribution in [0, 0.1) is 5.92 Å². The Labute approximate surface area is 199 Å². The fourth-order valence-electron chi connectivity index (χ4n) is 4.51. The molecule has 7 heteroatoms. The zero-order valence-electron chi connectivity index (χ0n) is 18.4.